The van der Waals surface area contributed by atoms with Gasteiger partial charge in [0, 0.05) is 19.5 Å². The summed E-state index contributed by atoms with van der Waals surface area (Å²) in [5.74, 6) is -0.0420. The van der Waals surface area contributed by atoms with Crippen molar-refractivity contribution in [2.24, 2.45) is 0 Å². The van der Waals surface area contributed by atoms with E-state index in [4.69, 9.17) is 16.3 Å². The summed E-state index contributed by atoms with van der Waals surface area (Å²) in [6.07, 6.45) is 4.53. The highest BCUT2D eigenvalue weighted by Gasteiger charge is 2.20. The summed E-state index contributed by atoms with van der Waals surface area (Å²) < 4.78 is 6.45. The van der Waals surface area contributed by atoms with Gasteiger partial charge in [-0.25, -0.2) is 4.98 Å². The molecule has 6 nitrogen and oxygen atoms in total. The molecule has 0 atom stereocenters. The monoisotopic (exact) mass is 254 g/mol. The molecule has 0 bridgehead atoms. The number of ether oxygens (including phenoxy) is 1. The Hall–Kier alpha value is -1.66. The molecule has 0 aliphatic heterocycles. The topological polar surface area (TPSA) is 72.8 Å². The molecule has 90 valence electrons. The SMILES string of the molecule is COCCn1ncc(Cl)c1C(=O)c1ncc[nH]1. The van der Waals surface area contributed by atoms with Crippen LogP contribution in [0.25, 0.3) is 0 Å². The molecule has 0 saturated heterocycles. The van der Waals surface area contributed by atoms with Gasteiger partial charge in [0.1, 0.15) is 5.69 Å². The predicted molar refractivity (Wildman–Crippen MR) is 61.1 cm³/mol. The summed E-state index contributed by atoms with van der Waals surface area (Å²) >= 11 is 5.95. The first-order valence-corrected chi connectivity index (χ1v) is 5.36. The van der Waals surface area contributed by atoms with Gasteiger partial charge in [0.05, 0.1) is 24.4 Å². The Morgan fingerprint density at radius 1 is 1.65 bits per heavy atom. The Kier molecular flexibility index (Phi) is 3.55. The van der Waals surface area contributed by atoms with E-state index in [2.05, 4.69) is 15.1 Å². The van der Waals surface area contributed by atoms with E-state index in [0.717, 1.165) is 0 Å². The van der Waals surface area contributed by atoms with E-state index in [1.807, 2.05) is 0 Å². The van der Waals surface area contributed by atoms with Crippen LogP contribution in [-0.2, 0) is 11.3 Å². The van der Waals surface area contributed by atoms with Crippen molar-refractivity contribution >= 4 is 17.4 Å². The lowest BCUT2D eigenvalue weighted by Crippen LogP contribution is -2.15. The number of nitrogens with one attached hydrogen (secondary N) is 1. The number of nitrogens with zero attached hydrogens (tertiary/aromatic N) is 3. The van der Waals surface area contributed by atoms with Crippen molar-refractivity contribution in [2.75, 3.05) is 13.7 Å². The summed E-state index contributed by atoms with van der Waals surface area (Å²) in [6, 6.07) is 0. The minimum absolute atomic E-state index is 0.242. The predicted octanol–water partition coefficient (Wildman–Crippen LogP) is 1.14. The number of aromatic amines is 1. The molecule has 2 rings (SSSR count). The van der Waals surface area contributed by atoms with Crippen LogP contribution in [0.15, 0.2) is 18.6 Å². The highest BCUT2D eigenvalue weighted by atomic mass is 35.5. The molecule has 0 radical (unpaired) electrons. The van der Waals surface area contributed by atoms with E-state index in [-0.39, 0.29) is 11.6 Å². The number of imidazole rings is 1. The number of ketones is 1. The minimum Gasteiger partial charge on any atom is -0.383 e. The van der Waals surface area contributed by atoms with Gasteiger partial charge >= 0.3 is 0 Å². The van der Waals surface area contributed by atoms with Crippen molar-refractivity contribution in [3.8, 4) is 0 Å². The summed E-state index contributed by atoms with van der Waals surface area (Å²) in [5, 5.41) is 4.33. The third-order valence-corrected chi connectivity index (χ3v) is 2.51. The smallest absolute Gasteiger partial charge is 0.247 e. The molecule has 7 heteroatoms. The van der Waals surface area contributed by atoms with E-state index in [1.54, 1.807) is 13.3 Å². The number of H-pyrrole nitrogens is 1. The number of hydrogen-bond donors (Lipinski definition) is 1. The van der Waals surface area contributed by atoms with Crippen LogP contribution < -0.4 is 0 Å². The largest absolute Gasteiger partial charge is 0.383 e. The Bertz CT molecular complexity index is 506. The van der Waals surface area contributed by atoms with Gasteiger partial charge in [-0.1, -0.05) is 11.6 Å². The first-order valence-electron chi connectivity index (χ1n) is 4.98. The highest BCUT2D eigenvalue weighted by molar-refractivity contribution is 6.34. The molecule has 0 aromatic carbocycles. The van der Waals surface area contributed by atoms with Crippen LogP contribution in [0.2, 0.25) is 5.02 Å². The maximum atomic E-state index is 12.1. The molecule has 0 spiro atoms. The second-order valence-corrected chi connectivity index (χ2v) is 3.73. The van der Waals surface area contributed by atoms with Gasteiger partial charge in [-0.3, -0.25) is 9.48 Å². The van der Waals surface area contributed by atoms with Crippen LogP contribution >= 0.6 is 11.6 Å². The van der Waals surface area contributed by atoms with Crippen molar-refractivity contribution < 1.29 is 9.53 Å². The van der Waals surface area contributed by atoms with E-state index in [9.17, 15) is 4.79 Å². The van der Waals surface area contributed by atoms with Crippen LogP contribution in [0.4, 0.5) is 0 Å². The van der Waals surface area contributed by atoms with Crippen molar-refractivity contribution in [1.29, 1.82) is 0 Å². The number of methoxy groups -OCH3 is 1. The van der Waals surface area contributed by atoms with Crippen LogP contribution in [0.1, 0.15) is 16.3 Å². The first kappa shape index (κ1) is 11.8. The lowest BCUT2D eigenvalue weighted by Gasteiger charge is -2.05. The summed E-state index contributed by atoms with van der Waals surface area (Å²) in [4.78, 5) is 18.7. The molecule has 1 N–H and O–H groups in total. The van der Waals surface area contributed by atoms with Crippen LogP contribution in [0, 0.1) is 0 Å². The molecule has 2 aromatic heterocycles. The Balaban J connectivity index is 2.31. The molecule has 0 aliphatic rings. The van der Waals surface area contributed by atoms with Gasteiger partial charge in [-0.05, 0) is 0 Å². The van der Waals surface area contributed by atoms with Gasteiger partial charge in [0.2, 0.25) is 5.78 Å². The molecule has 0 aliphatic carbocycles. The maximum Gasteiger partial charge on any atom is 0.247 e. The number of aromatic nitrogens is 4. The molecule has 0 unspecified atom stereocenters. The molecule has 0 saturated carbocycles. The second-order valence-electron chi connectivity index (χ2n) is 3.32. The quantitative estimate of drug-likeness (QED) is 0.812. The maximum absolute atomic E-state index is 12.1. The fourth-order valence-corrected chi connectivity index (χ4v) is 1.66. The number of carbonyl (C=O) groups is 1. The summed E-state index contributed by atoms with van der Waals surface area (Å²) in [5.41, 5.74) is 0.318. The van der Waals surface area contributed by atoms with E-state index >= 15 is 0 Å². The van der Waals surface area contributed by atoms with E-state index < -0.39 is 0 Å². The molecular weight excluding hydrogens is 244 g/mol. The zero-order valence-corrected chi connectivity index (χ0v) is 9.94. The third-order valence-electron chi connectivity index (χ3n) is 2.23. The van der Waals surface area contributed by atoms with Crippen molar-refractivity contribution in [3.63, 3.8) is 0 Å². The van der Waals surface area contributed by atoms with Gasteiger partial charge in [-0.2, -0.15) is 5.10 Å². The van der Waals surface area contributed by atoms with Crippen molar-refractivity contribution in [2.45, 2.75) is 6.54 Å². The molecule has 2 heterocycles. The molecule has 0 fully saturated rings. The zero-order chi connectivity index (χ0) is 12.3. The summed E-state index contributed by atoms with van der Waals surface area (Å²) in [7, 11) is 1.58. The lowest BCUT2D eigenvalue weighted by molar-refractivity contribution is 0.101. The minimum atomic E-state index is -0.284. The zero-order valence-electron chi connectivity index (χ0n) is 9.18. The number of carbonyl (C=O) groups excluding carboxylic acids is 1. The van der Waals surface area contributed by atoms with Gasteiger partial charge in [0.25, 0.3) is 0 Å². The Morgan fingerprint density at radius 3 is 3.12 bits per heavy atom. The second kappa shape index (κ2) is 5.11. The Labute approximate surface area is 103 Å². The third kappa shape index (κ3) is 2.37. The van der Waals surface area contributed by atoms with E-state index in [1.165, 1.54) is 17.1 Å². The fraction of sp³-hybridized carbons (Fsp3) is 0.300. The molecular formula is C10H11ClN4O2. The average Bonchev–Trinajstić information content (AvgIpc) is 2.95. The van der Waals surface area contributed by atoms with Gasteiger partial charge < -0.3 is 9.72 Å². The van der Waals surface area contributed by atoms with Crippen LogP contribution in [0.3, 0.4) is 0 Å². The normalized spacial score (nSPS) is 10.7. The molecule has 17 heavy (non-hydrogen) atoms. The number of rotatable bonds is 5. The molecule has 0 amide bonds. The van der Waals surface area contributed by atoms with Crippen molar-refractivity contribution in [1.82, 2.24) is 19.7 Å². The number of hydrogen-bond acceptors (Lipinski definition) is 4. The van der Waals surface area contributed by atoms with Gasteiger partial charge in [0.15, 0.2) is 5.82 Å². The summed E-state index contributed by atoms with van der Waals surface area (Å²) in [6.45, 7) is 0.918. The van der Waals surface area contributed by atoms with Crippen LogP contribution in [-0.4, -0.2) is 39.2 Å². The molecule has 2 aromatic rings. The fourth-order valence-electron chi connectivity index (χ4n) is 1.44. The van der Waals surface area contributed by atoms with Crippen LogP contribution in [0.5, 0.6) is 0 Å². The highest BCUT2D eigenvalue weighted by Crippen LogP contribution is 2.17. The Morgan fingerprint density at radius 2 is 2.47 bits per heavy atom. The van der Waals surface area contributed by atoms with E-state index in [0.29, 0.717) is 23.9 Å². The standard InChI is InChI=1S/C10H11ClN4O2/c1-17-5-4-15-8(7(11)6-14-15)9(16)10-12-2-3-13-10/h2-3,6H,4-5H2,1H3,(H,12,13). The van der Waals surface area contributed by atoms with Gasteiger partial charge in [-0.15, -0.1) is 0 Å². The average molecular weight is 255 g/mol. The lowest BCUT2D eigenvalue weighted by atomic mass is 10.2. The van der Waals surface area contributed by atoms with Crippen molar-refractivity contribution in [3.05, 3.63) is 35.1 Å². The first-order chi connectivity index (χ1) is 8.24. The number of halogens is 1.